The van der Waals surface area contributed by atoms with Crippen LogP contribution < -0.4 is 10.1 Å². The van der Waals surface area contributed by atoms with Gasteiger partial charge >= 0.3 is 0 Å². The van der Waals surface area contributed by atoms with Gasteiger partial charge < -0.3 is 15.2 Å². The molecule has 2 rings (SSSR count). The average molecular weight is 263 g/mol. The Morgan fingerprint density at radius 3 is 2.89 bits per heavy atom. The van der Waals surface area contributed by atoms with Gasteiger partial charge in [0.2, 0.25) is 0 Å². The summed E-state index contributed by atoms with van der Waals surface area (Å²) in [6.45, 7) is 4.39. The van der Waals surface area contributed by atoms with Crippen LogP contribution in [0.15, 0.2) is 18.2 Å². The molecule has 1 heterocycles. The molecule has 4 heteroatoms. The zero-order valence-electron chi connectivity index (χ0n) is 11.5. The minimum Gasteiger partial charge on any atom is -0.480 e. The standard InChI is InChI=1S/C15H21NO3/c1-10-9-12(11(2)17)6-7-13(10)19-14-5-3-4-8-16-15(14)18/h6-7,9,11,14,17H,3-5,8H2,1-2H3,(H,16,18)/t11-,14?/m1/s1. The van der Waals surface area contributed by atoms with Crippen molar-refractivity contribution in [3.05, 3.63) is 29.3 Å². The van der Waals surface area contributed by atoms with Crippen LogP contribution >= 0.6 is 0 Å². The van der Waals surface area contributed by atoms with Gasteiger partial charge in [0.1, 0.15) is 5.75 Å². The Bertz CT molecular complexity index is 457. The van der Waals surface area contributed by atoms with Gasteiger partial charge in [0.15, 0.2) is 6.10 Å². The number of benzene rings is 1. The van der Waals surface area contributed by atoms with Crippen molar-refractivity contribution in [2.45, 2.75) is 45.3 Å². The Kier molecular flexibility index (Phi) is 4.43. The van der Waals surface area contributed by atoms with E-state index in [2.05, 4.69) is 5.32 Å². The molecule has 1 fully saturated rings. The highest BCUT2D eigenvalue weighted by molar-refractivity contribution is 5.81. The van der Waals surface area contributed by atoms with E-state index in [0.29, 0.717) is 5.75 Å². The average Bonchev–Trinajstić information content (AvgIpc) is 2.57. The van der Waals surface area contributed by atoms with E-state index in [0.717, 1.165) is 36.9 Å². The Labute approximate surface area is 113 Å². The van der Waals surface area contributed by atoms with Crippen molar-refractivity contribution in [3.8, 4) is 5.75 Å². The van der Waals surface area contributed by atoms with Crippen LogP contribution in [0.5, 0.6) is 5.75 Å². The van der Waals surface area contributed by atoms with E-state index in [4.69, 9.17) is 4.74 Å². The summed E-state index contributed by atoms with van der Waals surface area (Å²) in [5.41, 5.74) is 1.80. The Morgan fingerprint density at radius 2 is 2.21 bits per heavy atom. The van der Waals surface area contributed by atoms with Crippen molar-refractivity contribution >= 4 is 5.91 Å². The van der Waals surface area contributed by atoms with Gasteiger partial charge in [0, 0.05) is 6.54 Å². The molecule has 1 unspecified atom stereocenters. The second kappa shape index (κ2) is 6.06. The molecule has 1 amide bonds. The molecule has 0 spiro atoms. The van der Waals surface area contributed by atoms with Gasteiger partial charge in [-0.15, -0.1) is 0 Å². The third kappa shape index (κ3) is 3.47. The highest BCUT2D eigenvalue weighted by Gasteiger charge is 2.22. The predicted molar refractivity (Wildman–Crippen MR) is 73.1 cm³/mol. The summed E-state index contributed by atoms with van der Waals surface area (Å²) in [5.74, 6) is 0.683. The van der Waals surface area contributed by atoms with Gasteiger partial charge in [-0.25, -0.2) is 0 Å². The number of rotatable bonds is 3. The largest absolute Gasteiger partial charge is 0.480 e. The second-order valence-corrected chi connectivity index (χ2v) is 5.09. The molecule has 2 atom stereocenters. The first-order valence-corrected chi connectivity index (χ1v) is 6.81. The predicted octanol–water partition coefficient (Wildman–Crippen LogP) is 2.10. The molecule has 1 aromatic carbocycles. The molecule has 1 aliphatic heterocycles. The molecule has 0 aromatic heterocycles. The molecule has 4 nitrogen and oxygen atoms in total. The van der Waals surface area contributed by atoms with Gasteiger partial charge in [-0.2, -0.15) is 0 Å². The lowest BCUT2D eigenvalue weighted by molar-refractivity contribution is -0.127. The molecule has 0 aliphatic carbocycles. The number of carbonyl (C=O) groups is 1. The van der Waals surface area contributed by atoms with Crippen molar-refractivity contribution in [2.75, 3.05) is 6.54 Å². The van der Waals surface area contributed by atoms with Crippen molar-refractivity contribution < 1.29 is 14.6 Å². The Hall–Kier alpha value is -1.55. The molecule has 0 bridgehead atoms. The number of aryl methyl sites for hydroxylation is 1. The summed E-state index contributed by atoms with van der Waals surface area (Å²) in [4.78, 5) is 11.8. The van der Waals surface area contributed by atoms with Crippen LogP contribution in [0.25, 0.3) is 0 Å². The molecular formula is C15H21NO3. The summed E-state index contributed by atoms with van der Waals surface area (Å²) in [6, 6.07) is 5.56. The van der Waals surface area contributed by atoms with E-state index in [1.54, 1.807) is 6.92 Å². The molecule has 0 radical (unpaired) electrons. The van der Waals surface area contributed by atoms with Gasteiger partial charge in [-0.05, 0) is 56.4 Å². The number of amides is 1. The number of aliphatic hydroxyl groups is 1. The van der Waals surface area contributed by atoms with E-state index >= 15 is 0 Å². The summed E-state index contributed by atoms with van der Waals surface area (Å²) in [7, 11) is 0. The number of ether oxygens (including phenoxy) is 1. The smallest absolute Gasteiger partial charge is 0.261 e. The van der Waals surface area contributed by atoms with Crippen molar-refractivity contribution in [1.82, 2.24) is 5.32 Å². The van der Waals surface area contributed by atoms with Crippen molar-refractivity contribution in [1.29, 1.82) is 0 Å². The normalized spacial score (nSPS) is 21.4. The summed E-state index contributed by atoms with van der Waals surface area (Å²) in [5, 5.41) is 12.4. The van der Waals surface area contributed by atoms with E-state index in [1.807, 2.05) is 25.1 Å². The summed E-state index contributed by atoms with van der Waals surface area (Å²) in [6.07, 6.45) is 1.86. The van der Waals surface area contributed by atoms with Crippen LogP contribution in [0.3, 0.4) is 0 Å². The number of hydrogen-bond acceptors (Lipinski definition) is 3. The van der Waals surface area contributed by atoms with E-state index in [1.165, 1.54) is 0 Å². The topological polar surface area (TPSA) is 58.6 Å². The first-order valence-electron chi connectivity index (χ1n) is 6.81. The maximum Gasteiger partial charge on any atom is 0.261 e. The minimum absolute atomic E-state index is 0.0310. The molecule has 1 saturated heterocycles. The quantitative estimate of drug-likeness (QED) is 0.878. The zero-order valence-corrected chi connectivity index (χ0v) is 11.5. The van der Waals surface area contributed by atoms with Crippen LogP contribution in [0.1, 0.15) is 43.4 Å². The number of aliphatic hydroxyl groups excluding tert-OH is 1. The fourth-order valence-corrected chi connectivity index (χ4v) is 2.24. The maximum absolute atomic E-state index is 11.8. The molecule has 19 heavy (non-hydrogen) atoms. The molecule has 2 N–H and O–H groups in total. The lowest BCUT2D eigenvalue weighted by Gasteiger charge is -2.18. The number of hydrogen-bond donors (Lipinski definition) is 2. The maximum atomic E-state index is 11.8. The van der Waals surface area contributed by atoms with E-state index in [-0.39, 0.29) is 5.91 Å². The highest BCUT2D eigenvalue weighted by Crippen LogP contribution is 2.24. The third-order valence-electron chi connectivity index (χ3n) is 3.44. The van der Waals surface area contributed by atoms with E-state index in [9.17, 15) is 9.90 Å². The summed E-state index contributed by atoms with van der Waals surface area (Å²) < 4.78 is 5.82. The molecule has 1 aliphatic rings. The molecule has 104 valence electrons. The van der Waals surface area contributed by atoms with Gasteiger partial charge in [-0.3, -0.25) is 4.79 Å². The first kappa shape index (κ1) is 13.9. The lowest BCUT2D eigenvalue weighted by atomic mass is 10.1. The van der Waals surface area contributed by atoms with Crippen molar-refractivity contribution in [3.63, 3.8) is 0 Å². The fraction of sp³-hybridized carbons (Fsp3) is 0.533. The lowest BCUT2D eigenvalue weighted by Crippen LogP contribution is -2.36. The highest BCUT2D eigenvalue weighted by atomic mass is 16.5. The molecule has 1 aromatic rings. The van der Waals surface area contributed by atoms with Crippen LogP contribution in [0, 0.1) is 6.92 Å². The van der Waals surface area contributed by atoms with Gasteiger partial charge in [0.25, 0.3) is 5.91 Å². The monoisotopic (exact) mass is 263 g/mol. The molecular weight excluding hydrogens is 242 g/mol. The second-order valence-electron chi connectivity index (χ2n) is 5.09. The van der Waals surface area contributed by atoms with Gasteiger partial charge in [-0.1, -0.05) is 6.07 Å². The number of nitrogens with one attached hydrogen (secondary N) is 1. The molecule has 0 saturated carbocycles. The van der Waals surface area contributed by atoms with Crippen LogP contribution in [0.4, 0.5) is 0 Å². The van der Waals surface area contributed by atoms with Crippen LogP contribution in [-0.4, -0.2) is 23.7 Å². The Balaban J connectivity index is 2.11. The van der Waals surface area contributed by atoms with E-state index < -0.39 is 12.2 Å². The third-order valence-corrected chi connectivity index (χ3v) is 3.44. The Morgan fingerprint density at radius 1 is 1.42 bits per heavy atom. The summed E-state index contributed by atoms with van der Waals surface area (Å²) >= 11 is 0. The SMILES string of the molecule is Cc1cc([C@@H](C)O)ccc1OC1CCCCNC1=O. The van der Waals surface area contributed by atoms with Crippen molar-refractivity contribution in [2.24, 2.45) is 0 Å². The van der Waals surface area contributed by atoms with Crippen LogP contribution in [0.2, 0.25) is 0 Å². The fourth-order valence-electron chi connectivity index (χ4n) is 2.24. The first-order chi connectivity index (χ1) is 9.08. The minimum atomic E-state index is -0.492. The van der Waals surface area contributed by atoms with Crippen LogP contribution in [-0.2, 0) is 4.79 Å². The number of carbonyl (C=O) groups excluding carboxylic acids is 1. The zero-order chi connectivity index (χ0) is 13.8. The van der Waals surface area contributed by atoms with Gasteiger partial charge in [0.05, 0.1) is 6.10 Å².